The molecule has 1 N–H and O–H groups in total. The zero-order valence-electron chi connectivity index (χ0n) is 13.6. The number of nitrogens with zero attached hydrogens (tertiary/aromatic N) is 1. The van der Waals surface area contributed by atoms with Crippen molar-refractivity contribution >= 4 is 12.1 Å². The molecule has 0 saturated carbocycles. The predicted octanol–water partition coefficient (Wildman–Crippen LogP) is 4.06. The van der Waals surface area contributed by atoms with E-state index in [1.54, 1.807) is 6.21 Å². The van der Waals surface area contributed by atoms with Gasteiger partial charge in [0.05, 0.1) is 6.21 Å². The summed E-state index contributed by atoms with van der Waals surface area (Å²) in [6, 6.07) is 15.5. The molecule has 0 unspecified atom stereocenters. The lowest BCUT2D eigenvalue weighted by Gasteiger charge is -2.18. The predicted molar refractivity (Wildman–Crippen MR) is 91.4 cm³/mol. The van der Waals surface area contributed by atoms with Gasteiger partial charge in [0, 0.05) is 5.56 Å². The van der Waals surface area contributed by atoms with E-state index in [0.29, 0.717) is 5.56 Å². The molecule has 114 valence electrons. The number of hydrogen-bond donors (Lipinski definition) is 1. The summed E-state index contributed by atoms with van der Waals surface area (Å²) >= 11 is 0. The second-order valence-corrected chi connectivity index (χ2v) is 6.38. The third-order valence-electron chi connectivity index (χ3n) is 3.57. The Bertz CT molecular complexity index is 679. The summed E-state index contributed by atoms with van der Waals surface area (Å²) in [5.41, 5.74) is 6.56. The summed E-state index contributed by atoms with van der Waals surface area (Å²) in [5.74, 6) is -0.203. The molecular weight excluding hydrogens is 272 g/mol. The van der Waals surface area contributed by atoms with Gasteiger partial charge in [-0.05, 0) is 41.2 Å². The maximum Gasteiger partial charge on any atom is 0.271 e. The fraction of sp³-hybridized carbons (Fsp3) is 0.263. The van der Waals surface area contributed by atoms with Gasteiger partial charge in [0.1, 0.15) is 0 Å². The van der Waals surface area contributed by atoms with Gasteiger partial charge >= 0.3 is 0 Å². The van der Waals surface area contributed by atoms with Gasteiger partial charge in [0.25, 0.3) is 5.91 Å². The molecule has 0 heterocycles. The summed E-state index contributed by atoms with van der Waals surface area (Å²) in [6.45, 7) is 8.45. The average Bonchev–Trinajstić information content (AvgIpc) is 2.48. The number of rotatable bonds is 3. The molecule has 0 aliphatic rings. The third kappa shape index (κ3) is 4.04. The average molecular weight is 294 g/mol. The zero-order valence-corrected chi connectivity index (χ0v) is 13.6. The first-order valence-corrected chi connectivity index (χ1v) is 7.37. The highest BCUT2D eigenvalue weighted by molar-refractivity contribution is 5.95. The van der Waals surface area contributed by atoms with Crippen LogP contribution in [-0.4, -0.2) is 12.1 Å². The van der Waals surface area contributed by atoms with Crippen LogP contribution in [0.3, 0.4) is 0 Å². The molecular formula is C19H22N2O. The molecule has 3 nitrogen and oxygen atoms in total. The van der Waals surface area contributed by atoms with E-state index >= 15 is 0 Å². The van der Waals surface area contributed by atoms with Crippen LogP contribution in [0.2, 0.25) is 0 Å². The Morgan fingerprint density at radius 1 is 1.05 bits per heavy atom. The van der Waals surface area contributed by atoms with Crippen molar-refractivity contribution in [1.82, 2.24) is 5.43 Å². The van der Waals surface area contributed by atoms with Crippen molar-refractivity contribution in [3.05, 3.63) is 70.8 Å². The molecule has 2 aromatic rings. The van der Waals surface area contributed by atoms with Crippen molar-refractivity contribution < 1.29 is 4.79 Å². The molecule has 2 rings (SSSR count). The van der Waals surface area contributed by atoms with Crippen LogP contribution in [0.15, 0.2) is 53.6 Å². The van der Waals surface area contributed by atoms with Gasteiger partial charge in [-0.2, -0.15) is 5.10 Å². The van der Waals surface area contributed by atoms with E-state index in [0.717, 1.165) is 11.1 Å². The normalized spacial score (nSPS) is 11.6. The van der Waals surface area contributed by atoms with Crippen molar-refractivity contribution in [2.24, 2.45) is 5.10 Å². The Kier molecular flexibility index (Phi) is 4.76. The first kappa shape index (κ1) is 16.0. The van der Waals surface area contributed by atoms with Crippen LogP contribution in [0.5, 0.6) is 0 Å². The molecule has 22 heavy (non-hydrogen) atoms. The Morgan fingerprint density at radius 3 is 2.27 bits per heavy atom. The minimum Gasteiger partial charge on any atom is -0.267 e. The lowest BCUT2D eigenvalue weighted by atomic mass is 9.87. The van der Waals surface area contributed by atoms with Crippen molar-refractivity contribution in [3.8, 4) is 0 Å². The standard InChI is InChI=1S/C19H22N2O/c1-14-7-5-6-8-16(14)13-20-21-18(22)15-9-11-17(12-10-15)19(2,3)4/h5-13H,1-4H3,(H,21,22). The van der Waals surface area contributed by atoms with E-state index < -0.39 is 0 Å². The van der Waals surface area contributed by atoms with Crippen LogP contribution in [0.4, 0.5) is 0 Å². The summed E-state index contributed by atoms with van der Waals surface area (Å²) in [4.78, 5) is 12.1. The van der Waals surface area contributed by atoms with Gasteiger partial charge in [0.2, 0.25) is 0 Å². The minimum absolute atomic E-state index is 0.0813. The van der Waals surface area contributed by atoms with E-state index in [1.165, 1.54) is 5.56 Å². The topological polar surface area (TPSA) is 41.5 Å². The lowest BCUT2D eigenvalue weighted by Crippen LogP contribution is -2.18. The molecule has 0 aromatic heterocycles. The highest BCUT2D eigenvalue weighted by Crippen LogP contribution is 2.22. The Hall–Kier alpha value is -2.42. The first-order chi connectivity index (χ1) is 10.4. The monoisotopic (exact) mass is 294 g/mol. The van der Waals surface area contributed by atoms with Crippen LogP contribution in [-0.2, 0) is 5.41 Å². The van der Waals surface area contributed by atoms with E-state index in [2.05, 4.69) is 31.3 Å². The van der Waals surface area contributed by atoms with E-state index in [4.69, 9.17) is 0 Å². The quantitative estimate of drug-likeness (QED) is 0.673. The van der Waals surface area contributed by atoms with Crippen molar-refractivity contribution in [2.75, 3.05) is 0 Å². The van der Waals surface area contributed by atoms with Gasteiger partial charge < -0.3 is 0 Å². The number of hydrazone groups is 1. The summed E-state index contributed by atoms with van der Waals surface area (Å²) in [6.07, 6.45) is 1.66. The fourth-order valence-corrected chi connectivity index (χ4v) is 2.08. The summed E-state index contributed by atoms with van der Waals surface area (Å²) in [7, 11) is 0. The second-order valence-electron chi connectivity index (χ2n) is 6.38. The zero-order chi connectivity index (χ0) is 16.2. The summed E-state index contributed by atoms with van der Waals surface area (Å²) in [5, 5.41) is 4.03. The molecule has 0 fully saturated rings. The molecule has 3 heteroatoms. The molecule has 0 saturated heterocycles. The van der Waals surface area contributed by atoms with E-state index in [-0.39, 0.29) is 11.3 Å². The van der Waals surface area contributed by atoms with E-state index in [1.807, 2.05) is 55.5 Å². The highest BCUT2D eigenvalue weighted by Gasteiger charge is 2.14. The maximum atomic E-state index is 12.1. The Balaban J connectivity index is 2.02. The van der Waals surface area contributed by atoms with Crippen LogP contribution in [0.25, 0.3) is 0 Å². The first-order valence-electron chi connectivity index (χ1n) is 7.37. The molecule has 2 aromatic carbocycles. The van der Waals surface area contributed by atoms with Gasteiger partial charge in [-0.25, -0.2) is 5.43 Å². The van der Waals surface area contributed by atoms with Crippen molar-refractivity contribution in [2.45, 2.75) is 33.1 Å². The highest BCUT2D eigenvalue weighted by atomic mass is 16.2. The maximum absolute atomic E-state index is 12.1. The minimum atomic E-state index is -0.203. The van der Waals surface area contributed by atoms with Crippen molar-refractivity contribution in [1.29, 1.82) is 0 Å². The molecule has 0 atom stereocenters. The Labute approximate surface area is 132 Å². The molecule has 0 spiro atoms. The van der Waals surface area contributed by atoms with Crippen LogP contribution in [0.1, 0.15) is 47.8 Å². The lowest BCUT2D eigenvalue weighted by molar-refractivity contribution is 0.0955. The molecule has 0 bridgehead atoms. The molecule has 0 radical (unpaired) electrons. The van der Waals surface area contributed by atoms with Gasteiger partial charge in [-0.1, -0.05) is 57.2 Å². The van der Waals surface area contributed by atoms with Crippen molar-refractivity contribution in [3.63, 3.8) is 0 Å². The Morgan fingerprint density at radius 2 is 1.68 bits per heavy atom. The largest absolute Gasteiger partial charge is 0.271 e. The number of carbonyl (C=O) groups is 1. The molecule has 0 aliphatic carbocycles. The molecule has 0 aliphatic heterocycles. The van der Waals surface area contributed by atoms with Crippen LogP contribution in [0, 0.1) is 6.92 Å². The number of hydrogen-bond acceptors (Lipinski definition) is 2. The number of nitrogens with one attached hydrogen (secondary N) is 1. The van der Waals surface area contributed by atoms with Crippen LogP contribution >= 0.6 is 0 Å². The number of benzene rings is 2. The molecule has 1 amide bonds. The summed E-state index contributed by atoms with van der Waals surface area (Å²) < 4.78 is 0. The number of aryl methyl sites for hydroxylation is 1. The SMILES string of the molecule is Cc1ccccc1C=NNC(=O)c1ccc(C(C)(C)C)cc1. The van der Waals surface area contributed by atoms with Crippen LogP contribution < -0.4 is 5.43 Å². The van der Waals surface area contributed by atoms with Gasteiger partial charge in [0.15, 0.2) is 0 Å². The second kappa shape index (κ2) is 6.56. The smallest absolute Gasteiger partial charge is 0.267 e. The fourth-order valence-electron chi connectivity index (χ4n) is 2.08. The van der Waals surface area contributed by atoms with E-state index in [9.17, 15) is 4.79 Å². The number of amides is 1. The van der Waals surface area contributed by atoms with Gasteiger partial charge in [-0.3, -0.25) is 4.79 Å². The third-order valence-corrected chi connectivity index (χ3v) is 3.57. The number of carbonyl (C=O) groups excluding carboxylic acids is 1. The van der Waals surface area contributed by atoms with Gasteiger partial charge in [-0.15, -0.1) is 0 Å².